The third kappa shape index (κ3) is 4.05. The Morgan fingerprint density at radius 3 is 2.64 bits per heavy atom. The number of carbonyl (C=O) groups is 2. The Balaban J connectivity index is 2.16. The second kappa shape index (κ2) is 5.84. The van der Waals surface area contributed by atoms with Crippen molar-refractivity contribution in [3.63, 3.8) is 0 Å². The third-order valence-corrected chi connectivity index (χ3v) is 2.35. The summed E-state index contributed by atoms with van der Waals surface area (Å²) in [5.74, 6) is -1.12. The van der Waals surface area contributed by atoms with Gasteiger partial charge in [-0.15, -0.1) is 0 Å². The molecule has 0 aliphatic rings. The Bertz CT molecular complexity index is 702. The zero-order valence-electron chi connectivity index (χ0n) is 12.3. The van der Waals surface area contributed by atoms with E-state index in [9.17, 15) is 9.59 Å². The summed E-state index contributed by atoms with van der Waals surface area (Å²) >= 11 is 0. The van der Waals surface area contributed by atoms with Crippen LogP contribution in [-0.4, -0.2) is 32.7 Å². The van der Waals surface area contributed by atoms with E-state index < -0.39 is 17.7 Å². The Morgan fingerprint density at radius 2 is 2.05 bits per heavy atom. The van der Waals surface area contributed by atoms with Crippen LogP contribution in [0.2, 0.25) is 0 Å². The van der Waals surface area contributed by atoms with Crippen LogP contribution in [0, 0.1) is 0 Å². The molecule has 0 unspecified atom stereocenters. The van der Waals surface area contributed by atoms with Crippen molar-refractivity contribution in [2.45, 2.75) is 26.4 Å². The van der Waals surface area contributed by atoms with Gasteiger partial charge in [-0.1, -0.05) is 0 Å². The fourth-order valence-corrected chi connectivity index (χ4v) is 1.55. The smallest absolute Gasteiger partial charge is 0.413 e. The minimum Gasteiger partial charge on any atom is -0.475 e. The summed E-state index contributed by atoms with van der Waals surface area (Å²) in [7, 11) is 0. The van der Waals surface area contributed by atoms with E-state index in [1.165, 1.54) is 12.3 Å². The molecule has 0 radical (unpaired) electrons. The highest BCUT2D eigenvalue weighted by Gasteiger charge is 2.17. The second-order valence-electron chi connectivity index (χ2n) is 5.39. The minimum absolute atomic E-state index is 0.118. The molecule has 1 amide bonds. The van der Waals surface area contributed by atoms with Gasteiger partial charge in [-0.25, -0.2) is 19.6 Å². The molecule has 8 nitrogen and oxygen atoms in total. The summed E-state index contributed by atoms with van der Waals surface area (Å²) in [5.41, 5.74) is -0.144. The van der Waals surface area contributed by atoms with Crippen molar-refractivity contribution >= 4 is 17.9 Å². The van der Waals surface area contributed by atoms with Crippen molar-refractivity contribution in [1.82, 2.24) is 9.97 Å². The molecular weight excluding hydrogens is 290 g/mol. The lowest BCUT2D eigenvalue weighted by Gasteiger charge is -2.19. The van der Waals surface area contributed by atoms with E-state index >= 15 is 0 Å². The van der Waals surface area contributed by atoms with Crippen LogP contribution in [0.4, 0.5) is 10.6 Å². The van der Waals surface area contributed by atoms with Gasteiger partial charge < -0.3 is 14.3 Å². The number of carboxylic acid groups (broad SMARTS) is 1. The fraction of sp³-hybridized carbons (Fsp3) is 0.286. The third-order valence-electron chi connectivity index (χ3n) is 2.35. The number of hydrogen-bond acceptors (Lipinski definition) is 6. The van der Waals surface area contributed by atoms with E-state index in [0.717, 1.165) is 6.20 Å². The van der Waals surface area contributed by atoms with Crippen LogP contribution in [0.5, 0.6) is 0 Å². The second-order valence-corrected chi connectivity index (χ2v) is 5.39. The van der Waals surface area contributed by atoms with Crippen LogP contribution in [-0.2, 0) is 4.74 Å². The number of hydrogen-bond donors (Lipinski definition) is 2. The van der Waals surface area contributed by atoms with E-state index in [-0.39, 0.29) is 17.5 Å². The Morgan fingerprint density at radius 1 is 1.32 bits per heavy atom. The summed E-state index contributed by atoms with van der Waals surface area (Å²) in [6.07, 6.45) is 1.90. The van der Waals surface area contributed by atoms with Gasteiger partial charge in [-0.05, 0) is 32.9 Å². The van der Waals surface area contributed by atoms with Crippen molar-refractivity contribution in [2.75, 3.05) is 5.32 Å². The number of nitrogens with one attached hydrogen (secondary N) is 1. The number of carboxylic acids is 1. The molecule has 0 fully saturated rings. The number of pyridine rings is 1. The SMILES string of the molecule is CC(C)(C)OC(=O)Nc1cc(-c2ncc(C(=O)O)o2)ccn1. The predicted octanol–water partition coefficient (Wildman–Crippen LogP) is 2.78. The van der Waals surface area contributed by atoms with Gasteiger partial charge >= 0.3 is 12.1 Å². The lowest BCUT2D eigenvalue weighted by atomic mass is 10.2. The van der Waals surface area contributed by atoms with E-state index in [1.807, 2.05) is 0 Å². The molecule has 2 aromatic heterocycles. The van der Waals surface area contributed by atoms with Gasteiger partial charge in [-0.3, -0.25) is 5.32 Å². The van der Waals surface area contributed by atoms with Crippen LogP contribution in [0.1, 0.15) is 31.3 Å². The summed E-state index contributed by atoms with van der Waals surface area (Å²) in [4.78, 5) is 30.3. The molecule has 0 saturated heterocycles. The topological polar surface area (TPSA) is 115 Å². The summed E-state index contributed by atoms with van der Waals surface area (Å²) in [6, 6.07) is 3.08. The molecule has 2 N–H and O–H groups in total. The standard InChI is InChI=1S/C14H15N3O5/c1-14(2,3)22-13(20)17-10-6-8(4-5-15-10)11-16-7-9(21-11)12(18)19/h4-7H,1-3H3,(H,18,19)(H,15,17,20). The van der Waals surface area contributed by atoms with Crippen molar-refractivity contribution in [1.29, 1.82) is 0 Å². The molecule has 0 aliphatic carbocycles. The molecule has 0 atom stereocenters. The molecule has 116 valence electrons. The zero-order valence-corrected chi connectivity index (χ0v) is 12.3. The maximum Gasteiger partial charge on any atom is 0.413 e. The van der Waals surface area contributed by atoms with Gasteiger partial charge in [0.1, 0.15) is 11.4 Å². The predicted molar refractivity (Wildman–Crippen MR) is 76.6 cm³/mol. The summed E-state index contributed by atoms with van der Waals surface area (Å²) in [5, 5.41) is 11.3. The number of rotatable bonds is 3. The van der Waals surface area contributed by atoms with Crippen LogP contribution < -0.4 is 5.32 Å². The van der Waals surface area contributed by atoms with Crippen LogP contribution in [0.25, 0.3) is 11.5 Å². The molecule has 0 bridgehead atoms. The number of carbonyl (C=O) groups excluding carboxylic acids is 1. The zero-order chi connectivity index (χ0) is 16.3. The first-order valence-electron chi connectivity index (χ1n) is 6.40. The number of oxazole rings is 1. The van der Waals surface area contributed by atoms with E-state index in [0.29, 0.717) is 5.56 Å². The van der Waals surface area contributed by atoms with E-state index in [1.54, 1.807) is 26.8 Å². The van der Waals surface area contributed by atoms with Gasteiger partial charge in [-0.2, -0.15) is 0 Å². The van der Waals surface area contributed by atoms with Gasteiger partial charge in [0.15, 0.2) is 0 Å². The maximum absolute atomic E-state index is 11.7. The number of ether oxygens (including phenoxy) is 1. The van der Waals surface area contributed by atoms with Gasteiger partial charge in [0.25, 0.3) is 0 Å². The molecule has 0 spiro atoms. The molecule has 22 heavy (non-hydrogen) atoms. The molecule has 0 aromatic carbocycles. The summed E-state index contributed by atoms with van der Waals surface area (Å²) in [6.45, 7) is 5.24. The number of aromatic nitrogens is 2. The van der Waals surface area contributed by atoms with Crippen molar-refractivity contribution in [3.05, 3.63) is 30.3 Å². The first-order chi connectivity index (χ1) is 10.2. The van der Waals surface area contributed by atoms with E-state index in [4.69, 9.17) is 14.3 Å². The minimum atomic E-state index is -1.21. The van der Waals surface area contributed by atoms with Gasteiger partial charge in [0.05, 0.1) is 6.20 Å². The van der Waals surface area contributed by atoms with Crippen molar-refractivity contribution in [3.8, 4) is 11.5 Å². The number of aromatic carboxylic acids is 1. The first-order valence-corrected chi connectivity index (χ1v) is 6.40. The lowest BCUT2D eigenvalue weighted by molar-refractivity contribution is 0.0632. The normalized spacial score (nSPS) is 11.0. The average molecular weight is 305 g/mol. The highest BCUT2D eigenvalue weighted by Crippen LogP contribution is 2.21. The number of anilines is 1. The van der Waals surface area contributed by atoms with Crippen LogP contribution >= 0.6 is 0 Å². The summed E-state index contributed by atoms with van der Waals surface area (Å²) < 4.78 is 10.2. The van der Waals surface area contributed by atoms with Crippen molar-refractivity contribution in [2.24, 2.45) is 0 Å². The Kier molecular flexibility index (Phi) is 4.11. The van der Waals surface area contributed by atoms with E-state index in [2.05, 4.69) is 15.3 Å². The van der Waals surface area contributed by atoms with Crippen molar-refractivity contribution < 1.29 is 23.8 Å². The highest BCUT2D eigenvalue weighted by atomic mass is 16.6. The number of amides is 1. The van der Waals surface area contributed by atoms with Crippen LogP contribution in [0.15, 0.2) is 28.9 Å². The molecule has 0 saturated carbocycles. The molecule has 2 aromatic rings. The quantitative estimate of drug-likeness (QED) is 0.895. The fourth-order valence-electron chi connectivity index (χ4n) is 1.55. The van der Waals surface area contributed by atoms with Gasteiger partial charge in [0, 0.05) is 11.8 Å². The highest BCUT2D eigenvalue weighted by molar-refractivity contribution is 5.85. The molecule has 8 heteroatoms. The average Bonchev–Trinajstić information content (AvgIpc) is 2.86. The van der Waals surface area contributed by atoms with Gasteiger partial charge in [0.2, 0.25) is 11.7 Å². The largest absolute Gasteiger partial charge is 0.475 e. The molecular formula is C14H15N3O5. The molecule has 2 rings (SSSR count). The first kappa shape index (κ1) is 15.5. The lowest BCUT2D eigenvalue weighted by Crippen LogP contribution is -2.27. The molecule has 0 aliphatic heterocycles. The molecule has 2 heterocycles. The monoisotopic (exact) mass is 305 g/mol. The number of nitrogens with zero attached hydrogens (tertiary/aromatic N) is 2. The Labute approximate surface area is 126 Å². The Hall–Kier alpha value is -2.90. The van der Waals surface area contributed by atoms with Crippen LogP contribution in [0.3, 0.4) is 0 Å². The maximum atomic E-state index is 11.7.